The van der Waals surface area contributed by atoms with Crippen molar-refractivity contribution in [2.45, 2.75) is 0 Å². The van der Waals surface area contributed by atoms with Gasteiger partial charge in [-0.1, -0.05) is 0 Å². The van der Waals surface area contributed by atoms with Crippen molar-refractivity contribution in [2.24, 2.45) is 0 Å². The predicted molar refractivity (Wildman–Crippen MR) is 80.1 cm³/mol. The van der Waals surface area contributed by atoms with Gasteiger partial charge in [0.1, 0.15) is 18.2 Å². The van der Waals surface area contributed by atoms with E-state index >= 15 is 0 Å². The fraction of sp³-hybridized carbons (Fsp3) is 0.267. The highest BCUT2D eigenvalue weighted by Crippen LogP contribution is 2.37. The molecule has 1 aliphatic rings. The number of ether oxygens (including phenoxy) is 4. The van der Waals surface area contributed by atoms with Gasteiger partial charge in [0.2, 0.25) is 18.6 Å². The third kappa shape index (κ3) is 2.95. The summed E-state index contributed by atoms with van der Waals surface area (Å²) >= 11 is 0. The monoisotopic (exact) mass is 314 g/mol. The summed E-state index contributed by atoms with van der Waals surface area (Å²) in [6.07, 6.45) is 0. The van der Waals surface area contributed by atoms with E-state index in [1.807, 2.05) is 0 Å². The molecule has 23 heavy (non-hydrogen) atoms. The zero-order chi connectivity index (χ0) is 16.2. The normalized spacial score (nSPS) is 12.0. The molecule has 2 aromatic rings. The number of nitrogens with zero attached hydrogens (tertiary/aromatic N) is 3. The van der Waals surface area contributed by atoms with Crippen LogP contribution < -0.4 is 19.9 Å². The molecule has 0 saturated carbocycles. The van der Waals surface area contributed by atoms with Crippen molar-refractivity contribution in [3.05, 3.63) is 23.8 Å². The van der Waals surface area contributed by atoms with Gasteiger partial charge in [-0.3, -0.25) is 0 Å². The van der Waals surface area contributed by atoms with Crippen LogP contribution in [0.5, 0.6) is 17.4 Å². The third-order valence-electron chi connectivity index (χ3n) is 3.18. The quantitative estimate of drug-likeness (QED) is 0.823. The molecule has 0 atom stereocenters. The Balaban J connectivity index is 2.03. The molecule has 118 valence electrons. The number of hydrogen-bond donors (Lipinski definition) is 1. The number of methoxy groups -OCH3 is 1. The second-order valence-corrected chi connectivity index (χ2v) is 4.63. The number of benzene rings is 1. The van der Waals surface area contributed by atoms with Gasteiger partial charge in [0, 0.05) is 12.7 Å². The lowest BCUT2D eigenvalue weighted by molar-refractivity contribution is 0.143. The molecule has 8 heteroatoms. The highest BCUT2D eigenvalue weighted by molar-refractivity contribution is 5.72. The zero-order valence-electron chi connectivity index (χ0n) is 12.4. The Morgan fingerprint density at radius 1 is 1.26 bits per heavy atom. The molecule has 8 nitrogen and oxygen atoms in total. The summed E-state index contributed by atoms with van der Waals surface area (Å²) in [4.78, 5) is 8.15. The van der Waals surface area contributed by atoms with Crippen molar-refractivity contribution in [1.82, 2.24) is 9.97 Å². The lowest BCUT2D eigenvalue weighted by Crippen LogP contribution is -2.09. The zero-order valence-corrected chi connectivity index (χ0v) is 12.4. The van der Waals surface area contributed by atoms with E-state index in [1.165, 1.54) is 0 Å². The first kappa shape index (κ1) is 14.9. The Morgan fingerprint density at radius 3 is 2.87 bits per heavy atom. The summed E-state index contributed by atoms with van der Waals surface area (Å²) in [6.45, 7) is 0.789. The smallest absolute Gasteiger partial charge is 0.237 e. The molecule has 0 spiro atoms. The summed E-state index contributed by atoms with van der Waals surface area (Å²) < 4.78 is 21.0. The summed E-state index contributed by atoms with van der Waals surface area (Å²) in [5.74, 6) is 1.38. The molecule has 2 heterocycles. The van der Waals surface area contributed by atoms with Crippen LogP contribution in [-0.4, -0.2) is 37.1 Å². The number of nitrogen functional groups attached to an aromatic ring is 1. The number of anilines is 1. The molecule has 1 aromatic heterocycles. The van der Waals surface area contributed by atoms with E-state index in [9.17, 15) is 5.26 Å². The molecule has 0 aliphatic carbocycles. The third-order valence-corrected chi connectivity index (χ3v) is 3.18. The number of rotatable bonds is 5. The van der Waals surface area contributed by atoms with Crippen LogP contribution in [0.4, 0.5) is 5.95 Å². The van der Waals surface area contributed by atoms with E-state index in [4.69, 9.17) is 24.7 Å². The second kappa shape index (κ2) is 6.37. The van der Waals surface area contributed by atoms with Gasteiger partial charge in [-0.15, -0.1) is 0 Å². The first-order valence-corrected chi connectivity index (χ1v) is 6.82. The van der Waals surface area contributed by atoms with E-state index < -0.39 is 0 Å². The Morgan fingerprint density at radius 2 is 2.09 bits per heavy atom. The molecule has 1 aliphatic heterocycles. The standard InChI is InChI=1S/C15H14N4O4/c1-20-4-5-21-14-10(7-16)13(18-15(17)19-14)9-2-3-11-12(6-9)23-8-22-11/h2-3,6H,4-5,8H2,1H3,(H2,17,18,19). The fourth-order valence-corrected chi connectivity index (χ4v) is 2.14. The molecule has 0 unspecified atom stereocenters. The topological polar surface area (TPSA) is 113 Å². The predicted octanol–water partition coefficient (Wildman–Crippen LogP) is 1.35. The van der Waals surface area contributed by atoms with Crippen LogP contribution in [0.1, 0.15) is 5.56 Å². The SMILES string of the molecule is COCCOc1nc(N)nc(-c2ccc3c(c2)OCO3)c1C#N. The van der Waals surface area contributed by atoms with Crippen molar-refractivity contribution in [1.29, 1.82) is 5.26 Å². The van der Waals surface area contributed by atoms with Gasteiger partial charge in [0.25, 0.3) is 0 Å². The molecule has 0 fully saturated rings. The van der Waals surface area contributed by atoms with Crippen LogP contribution in [0.3, 0.4) is 0 Å². The maximum Gasteiger partial charge on any atom is 0.237 e. The van der Waals surface area contributed by atoms with E-state index in [2.05, 4.69) is 16.0 Å². The Hall–Kier alpha value is -3.05. The molecular formula is C15H14N4O4. The van der Waals surface area contributed by atoms with Crippen molar-refractivity contribution in [3.8, 4) is 34.7 Å². The maximum absolute atomic E-state index is 9.46. The van der Waals surface area contributed by atoms with Crippen LogP contribution in [0.15, 0.2) is 18.2 Å². The molecule has 0 amide bonds. The number of nitrogens with two attached hydrogens (primary N) is 1. The minimum absolute atomic E-state index is 0.0177. The Bertz CT molecular complexity index is 773. The Labute approximate surface area is 132 Å². The van der Waals surface area contributed by atoms with Crippen LogP contribution in [0.25, 0.3) is 11.3 Å². The summed E-state index contributed by atoms with van der Waals surface area (Å²) in [7, 11) is 1.56. The largest absolute Gasteiger partial charge is 0.474 e. The highest BCUT2D eigenvalue weighted by Gasteiger charge is 2.20. The number of aromatic nitrogens is 2. The van der Waals surface area contributed by atoms with Crippen LogP contribution in [-0.2, 0) is 4.74 Å². The van der Waals surface area contributed by atoms with Crippen LogP contribution >= 0.6 is 0 Å². The molecule has 0 bridgehead atoms. The van der Waals surface area contributed by atoms with E-state index in [0.717, 1.165) is 0 Å². The number of fused-ring (bicyclic) bond motifs is 1. The van der Waals surface area contributed by atoms with Gasteiger partial charge >= 0.3 is 0 Å². The van der Waals surface area contributed by atoms with E-state index in [-0.39, 0.29) is 30.8 Å². The minimum Gasteiger partial charge on any atom is -0.474 e. The Kier molecular flexibility index (Phi) is 4.12. The summed E-state index contributed by atoms with van der Waals surface area (Å²) in [6, 6.07) is 7.33. The first-order chi connectivity index (χ1) is 11.2. The van der Waals surface area contributed by atoms with Crippen LogP contribution in [0, 0.1) is 11.3 Å². The van der Waals surface area contributed by atoms with Crippen LogP contribution in [0.2, 0.25) is 0 Å². The van der Waals surface area contributed by atoms with Gasteiger partial charge < -0.3 is 24.7 Å². The second-order valence-electron chi connectivity index (χ2n) is 4.63. The molecule has 0 saturated heterocycles. The van der Waals surface area contributed by atoms with E-state index in [0.29, 0.717) is 29.4 Å². The minimum atomic E-state index is 0.0177. The average Bonchev–Trinajstić information content (AvgIpc) is 3.02. The van der Waals surface area contributed by atoms with Crippen molar-refractivity contribution in [2.75, 3.05) is 32.9 Å². The highest BCUT2D eigenvalue weighted by atomic mass is 16.7. The fourth-order valence-electron chi connectivity index (χ4n) is 2.14. The molecule has 0 radical (unpaired) electrons. The van der Waals surface area contributed by atoms with Crippen molar-refractivity contribution in [3.63, 3.8) is 0 Å². The molecular weight excluding hydrogens is 300 g/mol. The van der Waals surface area contributed by atoms with E-state index in [1.54, 1.807) is 25.3 Å². The summed E-state index contributed by atoms with van der Waals surface area (Å²) in [5, 5.41) is 9.46. The average molecular weight is 314 g/mol. The maximum atomic E-state index is 9.46. The number of nitriles is 1. The van der Waals surface area contributed by atoms with Gasteiger partial charge in [-0.2, -0.15) is 10.2 Å². The van der Waals surface area contributed by atoms with Crippen molar-refractivity contribution < 1.29 is 18.9 Å². The molecule has 1 aromatic carbocycles. The lowest BCUT2D eigenvalue weighted by Gasteiger charge is -2.11. The van der Waals surface area contributed by atoms with Crippen molar-refractivity contribution >= 4 is 5.95 Å². The van der Waals surface area contributed by atoms with Gasteiger partial charge in [-0.05, 0) is 18.2 Å². The van der Waals surface area contributed by atoms with Gasteiger partial charge in [-0.25, -0.2) is 4.98 Å². The summed E-state index contributed by atoms with van der Waals surface area (Å²) in [5.41, 5.74) is 6.99. The van der Waals surface area contributed by atoms with Gasteiger partial charge in [0.15, 0.2) is 11.5 Å². The first-order valence-electron chi connectivity index (χ1n) is 6.82. The lowest BCUT2D eigenvalue weighted by atomic mass is 10.1. The molecule has 2 N–H and O–H groups in total. The van der Waals surface area contributed by atoms with Gasteiger partial charge in [0.05, 0.1) is 12.3 Å². The number of hydrogen-bond acceptors (Lipinski definition) is 8. The molecule has 3 rings (SSSR count).